The number of aryl methyl sites for hydroxylation is 1. The Morgan fingerprint density at radius 2 is 0.664 bits per heavy atom. The Bertz CT molecular complexity index is 7990. The van der Waals surface area contributed by atoms with Crippen LogP contribution in [-0.4, -0.2) is 19.5 Å². The second-order valence-electron chi connectivity index (χ2n) is 32.4. The standard InChI is InChI=1S/C42H28.C36H22S.C22H19N2.C12H10N.C11H8N.3Ir/c1-2-10-29(11-3-1)30-20-22-31(23-21-30)32-12-8-13-33(26-32)34-14-9-15-35(27-34)36-24-25-41-39-18-5-4-16-37(39)38-17-6-7-19-40(38)42(41)28-36;1-2-13-29-27(11-1)28-12-3-4-14-30(28)34-22-24(19-20-31(29)34)23-9-7-10-25(21-23)26-16-8-17-33-32-15-5-6-18-35(32)37-36(26)33;1-16(2)18-12-6-8-14-20(18)24-21-15-9-7-13-19(21)23-22(24)17-10-4-3-5-11-17;1-10-6-5-9-13-12(10)11-7-3-2-4-8-11;1-2-6-10(7-3-1)11-8-4-5-9-12-11;;;/h1-28H;1-22H;3-10,12-16H,1-2H3;2-7,9H,1H3;1-6,8-9H;;;/q;;3*-1;;;. The Kier molecular flexibility index (Phi) is 27.9. The molecule has 20 aromatic carbocycles. The summed E-state index contributed by atoms with van der Waals surface area (Å²) in [5.41, 5.74) is 25.8. The van der Waals surface area contributed by atoms with Crippen molar-refractivity contribution >= 4 is 107 Å². The molecule has 0 saturated carbocycles. The fraction of sp³-hybridized carbons (Fsp3) is 0.0325. The Morgan fingerprint density at radius 3 is 1.19 bits per heavy atom. The van der Waals surface area contributed by atoms with E-state index in [4.69, 9.17) is 4.98 Å². The van der Waals surface area contributed by atoms with Gasteiger partial charge >= 0.3 is 0 Å². The van der Waals surface area contributed by atoms with Gasteiger partial charge in [-0.05, 0) is 228 Å². The SMILES string of the molecule is CC(C)c1ccccc1-n1c(-c2[c-]cccc2)nc2ccccc21.Cc1cccnc1-c1[c-]cccc1.[Ir].[Ir].[Ir].[c-]1ccccc1-c1ccccn1.c1cc(-c2ccc3c4ccccc4c4ccccc4c3c2)cc(-c2cccc3c2sc2ccccc23)c1.c1ccc(-c2ccc(-c3cccc(-c4cccc(-c5ccc6c7ccccc7c7ccccc7c6c5)c4)c3)cc2)cc1. The fourth-order valence-corrected chi connectivity index (χ4v) is 19.0. The van der Waals surface area contributed by atoms with Crippen molar-refractivity contribution in [2.75, 3.05) is 0 Å². The summed E-state index contributed by atoms with van der Waals surface area (Å²) >= 11 is 1.89. The molecule has 0 bridgehead atoms. The molecule has 0 aliphatic rings. The molecule has 24 rings (SSSR count). The molecule has 0 amide bonds. The molecule has 3 radical (unpaired) electrons. The van der Waals surface area contributed by atoms with Gasteiger partial charge in [0.15, 0.2) is 0 Å². The summed E-state index contributed by atoms with van der Waals surface area (Å²) in [5, 5.41) is 18.4. The topological polar surface area (TPSA) is 43.6 Å². The van der Waals surface area contributed by atoms with Gasteiger partial charge in [0, 0.05) is 98.6 Å². The molecule has 8 heteroatoms. The monoisotopic (exact) mass is 2230 g/mol. The number of pyridine rings is 2. The number of rotatable bonds is 11. The predicted octanol–water partition coefficient (Wildman–Crippen LogP) is 33.7. The van der Waals surface area contributed by atoms with Crippen LogP contribution in [0.15, 0.2) is 467 Å². The second kappa shape index (κ2) is 41.1. The van der Waals surface area contributed by atoms with Crippen LogP contribution in [0.25, 0.3) is 202 Å². The van der Waals surface area contributed by atoms with E-state index in [1.54, 1.807) is 6.20 Å². The summed E-state index contributed by atoms with van der Waals surface area (Å²) in [5.74, 6) is 1.37. The summed E-state index contributed by atoms with van der Waals surface area (Å²) in [6.07, 6.45) is 3.60. The van der Waals surface area contributed by atoms with Gasteiger partial charge in [-0.3, -0.25) is 4.98 Å². The molecule has 635 valence electrons. The zero-order valence-electron chi connectivity index (χ0n) is 72.2. The van der Waals surface area contributed by atoms with Gasteiger partial charge in [0.25, 0.3) is 0 Å². The summed E-state index contributed by atoms with van der Waals surface area (Å²) in [6, 6.07) is 171. The van der Waals surface area contributed by atoms with E-state index in [2.05, 4.69) is 411 Å². The number of imidazole rings is 1. The minimum absolute atomic E-state index is 0. The molecule has 4 nitrogen and oxygen atoms in total. The van der Waals surface area contributed by atoms with Crippen LogP contribution in [0.3, 0.4) is 0 Å². The van der Waals surface area contributed by atoms with E-state index in [0.717, 1.165) is 44.9 Å². The maximum Gasteiger partial charge on any atom is 0.0774 e. The summed E-state index contributed by atoms with van der Waals surface area (Å²) in [7, 11) is 0. The molecule has 0 aliphatic heterocycles. The fourth-order valence-electron chi connectivity index (χ4n) is 17.8. The van der Waals surface area contributed by atoms with Crippen molar-refractivity contribution < 1.29 is 60.3 Å². The van der Waals surface area contributed by atoms with Crippen molar-refractivity contribution in [1.82, 2.24) is 19.5 Å². The zero-order chi connectivity index (χ0) is 86.1. The van der Waals surface area contributed by atoms with Crippen molar-refractivity contribution in [2.45, 2.75) is 26.7 Å². The average molecular weight is 2230 g/mol. The third-order valence-corrected chi connectivity index (χ3v) is 25.3. The largest absolute Gasteiger partial charge is 0.333 e. The third kappa shape index (κ3) is 18.9. The van der Waals surface area contributed by atoms with Gasteiger partial charge in [-0.1, -0.05) is 335 Å². The Labute approximate surface area is 809 Å². The van der Waals surface area contributed by atoms with E-state index in [0.29, 0.717) is 5.92 Å². The molecule has 0 atom stereocenters. The van der Waals surface area contributed by atoms with Crippen molar-refractivity contribution in [1.29, 1.82) is 0 Å². The molecule has 0 N–H and O–H groups in total. The van der Waals surface area contributed by atoms with E-state index in [1.165, 1.54) is 168 Å². The van der Waals surface area contributed by atoms with Crippen LogP contribution in [0, 0.1) is 25.1 Å². The number of nitrogens with zero attached hydrogens (tertiary/aromatic N) is 4. The first-order valence-corrected chi connectivity index (χ1v) is 44.4. The van der Waals surface area contributed by atoms with E-state index in [-0.39, 0.29) is 60.3 Å². The van der Waals surface area contributed by atoms with Crippen LogP contribution in [0.5, 0.6) is 0 Å². The van der Waals surface area contributed by atoms with Gasteiger partial charge in [-0.2, -0.15) is 0 Å². The van der Waals surface area contributed by atoms with Gasteiger partial charge in [-0.25, -0.2) is 0 Å². The molecule has 131 heavy (non-hydrogen) atoms. The Morgan fingerprint density at radius 1 is 0.275 bits per heavy atom. The molecule has 0 aliphatic carbocycles. The van der Waals surface area contributed by atoms with Gasteiger partial charge in [0.2, 0.25) is 0 Å². The van der Waals surface area contributed by atoms with Crippen molar-refractivity contribution in [2.24, 2.45) is 0 Å². The van der Waals surface area contributed by atoms with Crippen LogP contribution in [0.1, 0.15) is 30.9 Å². The smallest absolute Gasteiger partial charge is 0.0774 e. The maximum absolute atomic E-state index is 4.89. The molecule has 0 unspecified atom stereocenters. The van der Waals surface area contributed by atoms with Crippen molar-refractivity contribution in [3.05, 3.63) is 497 Å². The molecule has 4 heterocycles. The number of aromatic nitrogens is 4. The van der Waals surface area contributed by atoms with Crippen molar-refractivity contribution in [3.63, 3.8) is 0 Å². The molecule has 0 fully saturated rings. The molecule has 24 aromatic rings. The Balaban J connectivity index is 0.000000122. The molecular formula is C123H87Ir3N4S-3. The van der Waals surface area contributed by atoms with Crippen LogP contribution < -0.4 is 0 Å². The average Bonchev–Trinajstić information content (AvgIpc) is 1.76. The van der Waals surface area contributed by atoms with E-state index in [1.807, 2.05) is 115 Å². The van der Waals surface area contributed by atoms with Crippen LogP contribution in [0.4, 0.5) is 0 Å². The normalized spacial score (nSPS) is 10.9. The number of thiophene rings is 1. The number of hydrogen-bond acceptors (Lipinski definition) is 4. The first-order chi connectivity index (χ1) is 63.3. The number of benzene rings is 20. The molecule has 0 saturated heterocycles. The maximum atomic E-state index is 4.89. The minimum atomic E-state index is 0. The summed E-state index contributed by atoms with van der Waals surface area (Å²) < 4.78 is 4.96. The number of hydrogen-bond donors (Lipinski definition) is 0. The van der Waals surface area contributed by atoms with E-state index >= 15 is 0 Å². The van der Waals surface area contributed by atoms with E-state index in [9.17, 15) is 0 Å². The van der Waals surface area contributed by atoms with E-state index < -0.39 is 0 Å². The van der Waals surface area contributed by atoms with Crippen molar-refractivity contribution in [3.8, 4) is 106 Å². The van der Waals surface area contributed by atoms with Gasteiger partial charge < -0.3 is 14.5 Å². The number of fused-ring (bicyclic) bond motifs is 16. The second-order valence-corrected chi connectivity index (χ2v) is 33.4. The quantitative estimate of drug-likeness (QED) is 0.0957. The first kappa shape index (κ1) is 88.9. The van der Waals surface area contributed by atoms with Gasteiger partial charge in [0.05, 0.1) is 16.9 Å². The van der Waals surface area contributed by atoms with Crippen LogP contribution in [0.2, 0.25) is 0 Å². The predicted molar refractivity (Wildman–Crippen MR) is 545 cm³/mol. The molecule has 4 aromatic heterocycles. The Hall–Kier alpha value is -14.1. The molecule has 0 spiro atoms. The third-order valence-electron chi connectivity index (χ3n) is 24.1. The zero-order valence-corrected chi connectivity index (χ0v) is 80.2. The first-order valence-electron chi connectivity index (χ1n) is 43.6. The minimum Gasteiger partial charge on any atom is -0.333 e. The van der Waals surface area contributed by atoms with Gasteiger partial charge in [0.1, 0.15) is 0 Å². The van der Waals surface area contributed by atoms with Gasteiger partial charge in [-0.15, -0.1) is 119 Å². The summed E-state index contributed by atoms with van der Waals surface area (Å²) in [4.78, 5) is 13.4. The molecular weight excluding hydrogens is 2140 g/mol. The number of para-hydroxylation sites is 3. The summed E-state index contributed by atoms with van der Waals surface area (Å²) in [6.45, 7) is 6.52. The van der Waals surface area contributed by atoms with Crippen LogP contribution >= 0.6 is 11.3 Å². The van der Waals surface area contributed by atoms with Crippen LogP contribution in [-0.2, 0) is 60.3 Å².